The Morgan fingerprint density at radius 1 is 0.255 bits per heavy atom. The van der Waals surface area contributed by atoms with Crippen molar-refractivity contribution in [3.8, 4) is 22.3 Å². The molecule has 220 valence electrons. The van der Waals surface area contributed by atoms with Crippen LogP contribution in [0.1, 0.15) is 0 Å². The zero-order valence-electron chi connectivity index (χ0n) is 25.8. The minimum atomic E-state index is 1.11. The molecule has 0 radical (unpaired) electrons. The summed E-state index contributed by atoms with van der Waals surface area (Å²) < 4.78 is 0. The second-order valence-corrected chi connectivity index (χ2v) is 12.2. The Morgan fingerprint density at radius 2 is 0.809 bits per heavy atom. The van der Waals surface area contributed by atoms with Gasteiger partial charge in [-0.25, -0.2) is 0 Å². The average molecular weight is 598 g/mol. The summed E-state index contributed by atoms with van der Waals surface area (Å²) in [5, 5.41) is 10.1. The van der Waals surface area contributed by atoms with Gasteiger partial charge in [0.1, 0.15) is 0 Å². The van der Waals surface area contributed by atoms with E-state index in [1.807, 2.05) is 0 Å². The van der Waals surface area contributed by atoms with Gasteiger partial charge >= 0.3 is 0 Å². The maximum Gasteiger partial charge on any atom is 0.0468 e. The third-order valence-corrected chi connectivity index (χ3v) is 9.40. The molecule has 0 saturated carbocycles. The second-order valence-electron chi connectivity index (χ2n) is 12.2. The standard InChI is InChI=1S/C46H31N/c1-2-11-32(12-3-1)35-15-10-16-39(29-35)47(40-27-28-43-37(30-40)22-21-33-13-4-6-17-41(33)43)38-25-23-34(24-26-38)46-31-36-14-5-7-18-42(36)44-19-8-9-20-45(44)46/h1-31H. The fraction of sp³-hybridized carbons (Fsp3) is 0. The van der Waals surface area contributed by atoms with Crippen molar-refractivity contribution in [2.45, 2.75) is 0 Å². The van der Waals surface area contributed by atoms with Crippen molar-refractivity contribution in [3.05, 3.63) is 188 Å². The third-order valence-electron chi connectivity index (χ3n) is 9.40. The molecule has 0 N–H and O–H groups in total. The summed E-state index contributed by atoms with van der Waals surface area (Å²) in [7, 11) is 0. The Hall–Kier alpha value is -6.18. The molecule has 0 aromatic heterocycles. The summed E-state index contributed by atoms with van der Waals surface area (Å²) in [4.78, 5) is 2.38. The molecule has 0 heterocycles. The number of hydrogen-bond acceptors (Lipinski definition) is 1. The van der Waals surface area contributed by atoms with Crippen LogP contribution < -0.4 is 4.90 Å². The number of benzene rings is 9. The molecule has 0 amide bonds. The van der Waals surface area contributed by atoms with Crippen LogP contribution in [0.5, 0.6) is 0 Å². The minimum absolute atomic E-state index is 1.11. The lowest BCUT2D eigenvalue weighted by Crippen LogP contribution is -2.10. The molecular formula is C46H31N. The molecule has 0 unspecified atom stereocenters. The van der Waals surface area contributed by atoms with Crippen LogP contribution in [0.2, 0.25) is 0 Å². The number of nitrogens with zero attached hydrogens (tertiary/aromatic N) is 1. The first-order chi connectivity index (χ1) is 23.3. The van der Waals surface area contributed by atoms with Gasteiger partial charge in [0.2, 0.25) is 0 Å². The van der Waals surface area contributed by atoms with E-state index in [0.29, 0.717) is 0 Å². The summed E-state index contributed by atoms with van der Waals surface area (Å²) in [5.41, 5.74) is 8.22. The summed E-state index contributed by atoms with van der Waals surface area (Å²) in [5.74, 6) is 0. The van der Waals surface area contributed by atoms with E-state index in [1.54, 1.807) is 0 Å². The van der Waals surface area contributed by atoms with Gasteiger partial charge in [-0.15, -0.1) is 0 Å². The van der Waals surface area contributed by atoms with Gasteiger partial charge in [0.25, 0.3) is 0 Å². The van der Waals surface area contributed by atoms with E-state index in [1.165, 1.54) is 65.3 Å². The molecule has 0 fully saturated rings. The van der Waals surface area contributed by atoms with E-state index >= 15 is 0 Å². The van der Waals surface area contributed by atoms with E-state index in [2.05, 4.69) is 193 Å². The Labute approximate surface area is 274 Å². The Morgan fingerprint density at radius 3 is 1.62 bits per heavy atom. The molecule has 1 nitrogen and oxygen atoms in total. The molecule has 0 bridgehead atoms. The average Bonchev–Trinajstić information content (AvgIpc) is 3.15. The predicted octanol–water partition coefficient (Wildman–Crippen LogP) is 13.1. The molecule has 47 heavy (non-hydrogen) atoms. The zero-order chi connectivity index (χ0) is 31.2. The number of fused-ring (bicyclic) bond motifs is 6. The smallest absolute Gasteiger partial charge is 0.0468 e. The zero-order valence-corrected chi connectivity index (χ0v) is 25.8. The SMILES string of the molecule is c1ccc(-c2cccc(N(c3ccc(-c4cc5ccccc5c5ccccc45)cc3)c3ccc4c(ccc5ccccc54)c3)c2)cc1. The predicted molar refractivity (Wildman–Crippen MR) is 202 cm³/mol. The van der Waals surface area contributed by atoms with Gasteiger partial charge in [-0.1, -0.05) is 146 Å². The lowest BCUT2D eigenvalue weighted by Gasteiger charge is -2.27. The van der Waals surface area contributed by atoms with Crippen molar-refractivity contribution in [3.63, 3.8) is 0 Å². The molecule has 1 heteroatoms. The minimum Gasteiger partial charge on any atom is -0.310 e. The van der Waals surface area contributed by atoms with Crippen LogP contribution in [0.25, 0.3) is 65.3 Å². The first kappa shape index (κ1) is 27.2. The van der Waals surface area contributed by atoms with Gasteiger partial charge < -0.3 is 4.90 Å². The third kappa shape index (κ3) is 4.81. The molecule has 0 spiro atoms. The first-order valence-electron chi connectivity index (χ1n) is 16.2. The highest BCUT2D eigenvalue weighted by Crippen LogP contribution is 2.41. The number of rotatable bonds is 5. The summed E-state index contributed by atoms with van der Waals surface area (Å²) in [6, 6.07) is 68.3. The fourth-order valence-electron chi connectivity index (χ4n) is 7.13. The molecule has 0 aliphatic carbocycles. The molecule has 0 aliphatic heterocycles. The largest absolute Gasteiger partial charge is 0.310 e. The van der Waals surface area contributed by atoms with E-state index in [-0.39, 0.29) is 0 Å². The van der Waals surface area contributed by atoms with Crippen molar-refractivity contribution >= 4 is 60.2 Å². The lowest BCUT2D eigenvalue weighted by molar-refractivity contribution is 1.29. The van der Waals surface area contributed by atoms with Gasteiger partial charge in [-0.2, -0.15) is 0 Å². The summed E-state index contributed by atoms with van der Waals surface area (Å²) >= 11 is 0. The van der Waals surface area contributed by atoms with Gasteiger partial charge in [0, 0.05) is 17.1 Å². The van der Waals surface area contributed by atoms with Crippen LogP contribution in [0.4, 0.5) is 17.1 Å². The number of hydrogen-bond donors (Lipinski definition) is 0. The lowest BCUT2D eigenvalue weighted by atomic mass is 9.93. The van der Waals surface area contributed by atoms with Crippen molar-refractivity contribution in [1.29, 1.82) is 0 Å². The van der Waals surface area contributed by atoms with Crippen molar-refractivity contribution in [2.24, 2.45) is 0 Å². The van der Waals surface area contributed by atoms with E-state index in [4.69, 9.17) is 0 Å². The Balaban J connectivity index is 1.20. The van der Waals surface area contributed by atoms with E-state index < -0.39 is 0 Å². The quantitative estimate of drug-likeness (QED) is 0.178. The van der Waals surface area contributed by atoms with Crippen molar-refractivity contribution in [1.82, 2.24) is 0 Å². The molecule has 9 aromatic carbocycles. The first-order valence-corrected chi connectivity index (χ1v) is 16.2. The van der Waals surface area contributed by atoms with Crippen LogP contribution in [0.3, 0.4) is 0 Å². The highest BCUT2D eigenvalue weighted by Gasteiger charge is 2.16. The topological polar surface area (TPSA) is 3.24 Å². The van der Waals surface area contributed by atoms with Crippen LogP contribution >= 0.6 is 0 Å². The van der Waals surface area contributed by atoms with Crippen molar-refractivity contribution < 1.29 is 0 Å². The highest BCUT2D eigenvalue weighted by molar-refractivity contribution is 6.14. The molecule has 9 aromatic rings. The molecule has 0 saturated heterocycles. The monoisotopic (exact) mass is 597 g/mol. The van der Waals surface area contributed by atoms with Crippen LogP contribution in [-0.2, 0) is 0 Å². The van der Waals surface area contributed by atoms with Crippen LogP contribution in [0, 0.1) is 0 Å². The maximum absolute atomic E-state index is 2.38. The molecule has 9 rings (SSSR count). The normalized spacial score (nSPS) is 11.4. The Kier molecular flexibility index (Phi) is 6.54. The molecule has 0 atom stereocenters. The number of anilines is 3. The van der Waals surface area contributed by atoms with E-state index in [9.17, 15) is 0 Å². The van der Waals surface area contributed by atoms with Gasteiger partial charge in [-0.3, -0.25) is 0 Å². The van der Waals surface area contributed by atoms with Crippen LogP contribution in [-0.4, -0.2) is 0 Å². The maximum atomic E-state index is 2.38. The summed E-state index contributed by atoms with van der Waals surface area (Å²) in [6.07, 6.45) is 0. The van der Waals surface area contributed by atoms with E-state index in [0.717, 1.165) is 17.1 Å². The second kappa shape index (κ2) is 11.3. The summed E-state index contributed by atoms with van der Waals surface area (Å²) in [6.45, 7) is 0. The molecule has 0 aliphatic rings. The van der Waals surface area contributed by atoms with Crippen LogP contribution in [0.15, 0.2) is 188 Å². The van der Waals surface area contributed by atoms with Gasteiger partial charge in [-0.05, 0) is 108 Å². The fourth-order valence-corrected chi connectivity index (χ4v) is 7.13. The Bertz CT molecular complexity index is 2560. The highest BCUT2D eigenvalue weighted by atomic mass is 15.1. The van der Waals surface area contributed by atoms with Gasteiger partial charge in [0.15, 0.2) is 0 Å². The van der Waals surface area contributed by atoms with Crippen molar-refractivity contribution in [2.75, 3.05) is 4.90 Å². The van der Waals surface area contributed by atoms with Gasteiger partial charge in [0.05, 0.1) is 0 Å². The molecular weight excluding hydrogens is 567 g/mol.